The lowest BCUT2D eigenvalue weighted by Crippen LogP contribution is -2.53. The Hall–Kier alpha value is -8.51. The molecule has 7 aliphatic rings. The first-order valence-electron chi connectivity index (χ1n) is 49.8. The van der Waals surface area contributed by atoms with E-state index in [-0.39, 0.29) is 37.8 Å². The molecular weight excluding hydrogens is 1630 g/mol. The minimum atomic E-state index is -4.37. The normalized spacial score (nSPS) is 19.0. The van der Waals surface area contributed by atoms with Gasteiger partial charge in [0, 0.05) is 175 Å². The van der Waals surface area contributed by atoms with Crippen LogP contribution in [0.3, 0.4) is 0 Å². The highest BCUT2D eigenvalue weighted by Crippen LogP contribution is 2.36. The van der Waals surface area contributed by atoms with Gasteiger partial charge >= 0.3 is 18.2 Å². The lowest BCUT2D eigenvalue weighted by molar-refractivity contribution is -0.137. The minimum Gasteiger partial charge on any atom is -0.497 e. The predicted molar refractivity (Wildman–Crippen MR) is 541 cm³/mol. The first kappa shape index (κ1) is 101. The summed E-state index contributed by atoms with van der Waals surface area (Å²) in [5.41, 5.74) is 16.5. The SMILES string of the molecule is CC(C)(C)c1ccc(NC(=O)NCC(c2ccc(C(C)(C)C)cc2)N2CCN(C3CCCCC3)CC2)cc1.COc1ccc(C(CNCCc2cc(C)cc(C)c2)N2CCN(C3CCCCC3)CC2)cc1.Cc1ccc(CCNCC(c2ccccc2)N2CCN(C)CC2)cc1.Cc1ccc(NC(=O)NCC(c2ccc(C(F)(F)F)cc2)N2CCN(C3CCCCC3)CC2)cc1.[HH].[HH]. The number of hydrogen-bond acceptors (Lipinski definition) is 13. The lowest BCUT2D eigenvalue weighted by Gasteiger charge is -2.43. The summed E-state index contributed by atoms with van der Waals surface area (Å²) in [7, 11) is 3.96. The van der Waals surface area contributed by atoms with Gasteiger partial charge in [-0.15, -0.1) is 0 Å². The zero-order chi connectivity index (χ0) is 92.7. The highest BCUT2D eigenvalue weighted by atomic mass is 19.4. The van der Waals surface area contributed by atoms with Crippen LogP contribution in [0.4, 0.5) is 34.1 Å². The van der Waals surface area contributed by atoms with Crippen LogP contribution in [0.25, 0.3) is 0 Å². The molecule has 4 heterocycles. The van der Waals surface area contributed by atoms with E-state index in [4.69, 9.17) is 4.74 Å². The Kier molecular flexibility index (Phi) is 39.3. The Labute approximate surface area is 788 Å². The first-order valence-corrected chi connectivity index (χ1v) is 49.8. The largest absolute Gasteiger partial charge is 0.497 e. The number of urea groups is 2. The molecule has 0 radical (unpaired) electrons. The summed E-state index contributed by atoms with van der Waals surface area (Å²) in [6, 6.07) is 68.2. The quantitative estimate of drug-likeness (QED) is 0.0259. The molecule has 4 amide bonds. The molecular formula is C111H163F3N14O3. The molecule has 3 saturated carbocycles. The maximum atomic E-state index is 13.1. The molecule has 7 fully saturated rings. The number of piperazine rings is 4. The maximum absolute atomic E-state index is 13.1. The van der Waals surface area contributed by atoms with Gasteiger partial charge in [0.05, 0.1) is 24.8 Å². The maximum Gasteiger partial charge on any atom is 0.416 e. The van der Waals surface area contributed by atoms with Crippen molar-refractivity contribution >= 4 is 23.4 Å². The van der Waals surface area contributed by atoms with E-state index in [1.54, 1.807) is 19.2 Å². The number of carbonyl (C=O) groups is 2. The number of rotatable bonds is 28. The van der Waals surface area contributed by atoms with Crippen molar-refractivity contribution in [2.75, 3.05) is 169 Å². The molecule has 3 aliphatic carbocycles. The zero-order valence-corrected chi connectivity index (χ0v) is 81.5. The van der Waals surface area contributed by atoms with Crippen molar-refractivity contribution in [3.8, 4) is 5.75 Å². The van der Waals surface area contributed by atoms with E-state index in [2.05, 4.69) is 274 Å². The number of nitrogens with one attached hydrogen (secondary N) is 6. The van der Waals surface area contributed by atoms with E-state index in [0.29, 0.717) is 36.9 Å². The number of likely N-dealkylation sites (N-methyl/N-ethyl adjacent to an activating group) is 1. The summed E-state index contributed by atoms with van der Waals surface area (Å²) in [6.07, 6.45) is 18.2. The average molecular weight is 1800 g/mol. The Morgan fingerprint density at radius 3 is 1.05 bits per heavy atom. The van der Waals surface area contributed by atoms with Gasteiger partial charge in [-0.2, -0.15) is 13.2 Å². The molecule has 4 atom stereocenters. The third-order valence-electron chi connectivity index (χ3n) is 28.6. The molecule has 0 bridgehead atoms. The van der Waals surface area contributed by atoms with Crippen LogP contribution in [0, 0.1) is 27.7 Å². The Bertz CT molecular complexity index is 4610. The molecule has 8 aromatic carbocycles. The number of hydrogen-bond donors (Lipinski definition) is 6. The summed E-state index contributed by atoms with van der Waals surface area (Å²) >= 11 is 0. The van der Waals surface area contributed by atoms with E-state index in [1.807, 2.05) is 43.3 Å². The number of nitrogens with zero attached hydrogens (tertiary/aromatic N) is 8. The number of anilines is 2. The Morgan fingerprint density at radius 2 is 0.687 bits per heavy atom. The molecule has 20 heteroatoms. The highest BCUT2D eigenvalue weighted by molar-refractivity contribution is 5.90. The molecule has 8 aromatic rings. The minimum absolute atomic E-state index is 0. The molecule has 4 unspecified atom stereocenters. The monoisotopic (exact) mass is 1800 g/mol. The molecule has 4 aliphatic heterocycles. The Balaban J connectivity index is 0.000000185. The topological polar surface area (TPSA) is 141 Å². The van der Waals surface area contributed by atoms with E-state index >= 15 is 0 Å². The number of aryl methyl sites for hydroxylation is 4. The van der Waals surface area contributed by atoms with Crippen molar-refractivity contribution in [1.29, 1.82) is 0 Å². The Morgan fingerprint density at radius 1 is 0.366 bits per heavy atom. The number of carbonyl (C=O) groups excluding carboxylic acids is 2. The first-order chi connectivity index (χ1) is 63.1. The number of ether oxygens (including phenoxy) is 1. The van der Waals surface area contributed by atoms with Gasteiger partial charge in [-0.1, -0.05) is 267 Å². The number of halogens is 3. The smallest absolute Gasteiger partial charge is 0.416 e. The number of amides is 4. The summed E-state index contributed by atoms with van der Waals surface area (Å²) in [5.74, 6) is 0.933. The average Bonchev–Trinajstić information content (AvgIpc) is 0.813. The van der Waals surface area contributed by atoms with Crippen LogP contribution in [0.5, 0.6) is 5.75 Å². The van der Waals surface area contributed by atoms with E-state index in [9.17, 15) is 22.8 Å². The molecule has 17 nitrogen and oxygen atoms in total. The van der Waals surface area contributed by atoms with E-state index in [0.717, 1.165) is 177 Å². The molecule has 716 valence electrons. The predicted octanol–water partition coefficient (Wildman–Crippen LogP) is 21.7. The zero-order valence-electron chi connectivity index (χ0n) is 81.5. The van der Waals surface area contributed by atoms with E-state index in [1.165, 1.54) is 165 Å². The van der Waals surface area contributed by atoms with Gasteiger partial charge in [-0.3, -0.25) is 34.3 Å². The second kappa shape index (κ2) is 50.7. The number of methoxy groups -OCH3 is 1. The molecule has 0 spiro atoms. The molecule has 131 heavy (non-hydrogen) atoms. The van der Waals surface area contributed by atoms with Crippen molar-refractivity contribution in [2.24, 2.45) is 0 Å². The van der Waals surface area contributed by atoms with Gasteiger partial charge in [0.25, 0.3) is 0 Å². The molecule has 6 N–H and O–H groups in total. The highest BCUT2D eigenvalue weighted by Gasteiger charge is 2.36. The summed E-state index contributed by atoms with van der Waals surface area (Å²) < 4.78 is 44.7. The van der Waals surface area contributed by atoms with Crippen LogP contribution in [0.1, 0.15) is 237 Å². The van der Waals surface area contributed by atoms with Gasteiger partial charge < -0.3 is 41.5 Å². The second-order valence-electron chi connectivity index (χ2n) is 40.4. The van der Waals surface area contributed by atoms with Crippen LogP contribution in [0.2, 0.25) is 0 Å². The fourth-order valence-corrected chi connectivity index (χ4v) is 20.5. The van der Waals surface area contributed by atoms with Crippen LogP contribution in [0.15, 0.2) is 194 Å². The molecule has 0 aromatic heterocycles. The fraction of sp³-hybridized carbons (Fsp3) is 0.550. The van der Waals surface area contributed by atoms with Gasteiger partial charge in [-0.05, 0) is 203 Å². The number of benzene rings is 8. The van der Waals surface area contributed by atoms with Crippen molar-refractivity contribution in [1.82, 2.24) is 60.5 Å². The third-order valence-corrected chi connectivity index (χ3v) is 28.6. The number of alkyl halides is 3. The summed E-state index contributed by atoms with van der Waals surface area (Å²) in [4.78, 5) is 46.1. The standard InChI is InChI=1S/C33H50N4O.C29H43N3O.C27H35F3N4O.C22H31N3.2H2/c1-32(2,3)26-14-12-25(13-15-26)30(37-22-20-36(21-23-37)29-10-8-7-9-11-29)24-34-31(38)35-28-18-16-27(17-19-28)33(4,5)6;1-23-19-24(2)21-25(20-23)13-14-30-22-29(26-9-11-28(33-3)12-10-26)32-17-15-31(16-18-32)27-7-5-4-6-8-27;1-20-7-13-23(14-8-20)32-26(35)31-19-25(21-9-11-22(12-10-21)27(28,29)30)34-17-15-33(16-18-34)24-5-3-2-4-6-24;1-19-8-10-20(11-9-19)12-13-23-18-22(21-6-4-3-5-7-21)25-16-14-24(2)15-17-25;;/h12-19,29-30H,7-11,20-24H2,1-6H3,(H2,34,35,38);9-12,19-21,27,29-30H,4-8,13-18,22H2,1-3H3;7-14,24-25H,2-6,15-19H2,1H3,(H2,31,32,35);3-11,22-23H,12-18H2,1-2H3;2*1H. The van der Waals surface area contributed by atoms with Gasteiger partial charge in [-0.25, -0.2) is 9.59 Å². The fourth-order valence-electron chi connectivity index (χ4n) is 20.5. The van der Waals surface area contributed by atoms with Crippen molar-refractivity contribution < 1.29 is 30.4 Å². The molecule has 4 saturated heterocycles. The van der Waals surface area contributed by atoms with Crippen molar-refractivity contribution in [2.45, 2.75) is 238 Å². The van der Waals surface area contributed by atoms with Crippen LogP contribution in [-0.4, -0.2) is 228 Å². The summed E-state index contributed by atoms with van der Waals surface area (Å²) in [5, 5.41) is 19.5. The van der Waals surface area contributed by atoms with Gasteiger partial charge in [0.1, 0.15) is 5.75 Å². The third kappa shape index (κ3) is 32.4. The van der Waals surface area contributed by atoms with Gasteiger partial charge in [0.15, 0.2) is 0 Å². The van der Waals surface area contributed by atoms with Crippen LogP contribution < -0.4 is 36.6 Å². The lowest BCUT2D eigenvalue weighted by atomic mass is 9.86. The molecule has 15 rings (SSSR count). The van der Waals surface area contributed by atoms with Crippen LogP contribution >= 0.6 is 0 Å². The van der Waals surface area contributed by atoms with Crippen molar-refractivity contribution in [3.63, 3.8) is 0 Å². The van der Waals surface area contributed by atoms with Crippen LogP contribution in [-0.2, 0) is 29.8 Å². The summed E-state index contributed by atoms with van der Waals surface area (Å²) in [6.45, 7) is 44.0. The van der Waals surface area contributed by atoms with E-state index < -0.39 is 11.7 Å². The van der Waals surface area contributed by atoms with Crippen molar-refractivity contribution in [3.05, 3.63) is 266 Å². The second-order valence-corrected chi connectivity index (χ2v) is 40.4. The van der Waals surface area contributed by atoms with Gasteiger partial charge in [0.2, 0.25) is 0 Å².